The first-order valence-electron chi connectivity index (χ1n) is 6.17. The van der Waals surface area contributed by atoms with E-state index < -0.39 is 0 Å². The van der Waals surface area contributed by atoms with Gasteiger partial charge in [-0.15, -0.1) is 0 Å². The molecule has 1 fully saturated rings. The topological polar surface area (TPSA) is 25.2 Å². The number of hydrogen-bond donors (Lipinski definition) is 1. The lowest BCUT2D eigenvalue weighted by Gasteiger charge is -2.02. The van der Waals surface area contributed by atoms with Gasteiger partial charge in [0, 0.05) is 5.56 Å². The van der Waals surface area contributed by atoms with E-state index in [4.69, 9.17) is 4.42 Å². The fourth-order valence-electron chi connectivity index (χ4n) is 2.48. The Balaban J connectivity index is 1.73. The highest BCUT2D eigenvalue weighted by atomic mass is 16.3. The van der Waals surface area contributed by atoms with Crippen LogP contribution in [0.25, 0.3) is 11.3 Å². The average molecular weight is 227 g/mol. The van der Waals surface area contributed by atoms with Gasteiger partial charge in [-0.3, -0.25) is 0 Å². The van der Waals surface area contributed by atoms with E-state index in [1.165, 1.54) is 12.0 Å². The van der Waals surface area contributed by atoms with Gasteiger partial charge in [-0.25, -0.2) is 0 Å². The second-order valence-electron chi connectivity index (χ2n) is 4.76. The lowest BCUT2D eigenvalue weighted by molar-refractivity contribution is 0.582. The Morgan fingerprint density at radius 3 is 2.71 bits per heavy atom. The molecule has 2 heteroatoms. The summed E-state index contributed by atoms with van der Waals surface area (Å²) >= 11 is 0. The van der Waals surface area contributed by atoms with Crippen molar-refractivity contribution in [1.29, 1.82) is 0 Å². The van der Waals surface area contributed by atoms with E-state index in [1.807, 2.05) is 19.2 Å². The van der Waals surface area contributed by atoms with Crippen LogP contribution in [0.3, 0.4) is 0 Å². The molecule has 0 radical (unpaired) electrons. The van der Waals surface area contributed by atoms with Gasteiger partial charge in [0.15, 0.2) is 0 Å². The quantitative estimate of drug-likeness (QED) is 0.867. The van der Waals surface area contributed by atoms with E-state index >= 15 is 0 Å². The van der Waals surface area contributed by atoms with E-state index in [0.29, 0.717) is 0 Å². The van der Waals surface area contributed by atoms with Gasteiger partial charge < -0.3 is 9.73 Å². The molecule has 2 aromatic rings. The average Bonchev–Trinajstić information content (AvgIpc) is 2.92. The molecule has 1 N–H and O–H groups in total. The highest BCUT2D eigenvalue weighted by Crippen LogP contribution is 2.47. The normalized spacial score (nSPS) is 22.6. The summed E-state index contributed by atoms with van der Waals surface area (Å²) in [7, 11) is 2.02. The van der Waals surface area contributed by atoms with Crippen molar-refractivity contribution in [2.24, 2.45) is 5.92 Å². The molecule has 0 saturated heterocycles. The van der Waals surface area contributed by atoms with Crippen molar-refractivity contribution in [3.8, 4) is 11.3 Å². The molecule has 1 aliphatic rings. The molecule has 1 aromatic carbocycles. The van der Waals surface area contributed by atoms with Crippen molar-refractivity contribution >= 4 is 0 Å². The smallest absolute Gasteiger partial charge is 0.133 e. The fraction of sp³-hybridized carbons (Fsp3) is 0.333. The molecule has 0 spiro atoms. The SMILES string of the molecule is CNCC1CC1c1ccc(-c2ccco2)cc1. The molecule has 2 unspecified atom stereocenters. The minimum Gasteiger partial charge on any atom is -0.464 e. The van der Waals surface area contributed by atoms with Gasteiger partial charge in [0.05, 0.1) is 6.26 Å². The van der Waals surface area contributed by atoms with Gasteiger partial charge in [-0.1, -0.05) is 24.3 Å². The molecule has 0 aliphatic heterocycles. The van der Waals surface area contributed by atoms with Gasteiger partial charge in [0.25, 0.3) is 0 Å². The summed E-state index contributed by atoms with van der Waals surface area (Å²) in [4.78, 5) is 0. The zero-order valence-electron chi connectivity index (χ0n) is 10.0. The van der Waals surface area contributed by atoms with Crippen molar-refractivity contribution in [2.75, 3.05) is 13.6 Å². The van der Waals surface area contributed by atoms with Crippen LogP contribution in [0.5, 0.6) is 0 Å². The zero-order chi connectivity index (χ0) is 11.7. The predicted octanol–water partition coefficient (Wildman–Crippen LogP) is 3.27. The molecular weight excluding hydrogens is 210 g/mol. The Labute approximate surface area is 102 Å². The van der Waals surface area contributed by atoms with Crippen molar-refractivity contribution in [2.45, 2.75) is 12.3 Å². The van der Waals surface area contributed by atoms with E-state index in [-0.39, 0.29) is 0 Å². The summed E-state index contributed by atoms with van der Waals surface area (Å²) in [6.07, 6.45) is 3.04. The number of rotatable bonds is 4. The van der Waals surface area contributed by atoms with Crippen LogP contribution in [0.15, 0.2) is 47.1 Å². The van der Waals surface area contributed by atoms with Crippen LogP contribution in [-0.4, -0.2) is 13.6 Å². The van der Waals surface area contributed by atoms with Crippen LogP contribution in [0.2, 0.25) is 0 Å². The van der Waals surface area contributed by atoms with Crippen molar-refractivity contribution in [1.82, 2.24) is 5.32 Å². The maximum Gasteiger partial charge on any atom is 0.133 e. The van der Waals surface area contributed by atoms with Crippen molar-refractivity contribution in [3.63, 3.8) is 0 Å². The number of nitrogens with one attached hydrogen (secondary N) is 1. The standard InChI is InChI=1S/C15H17NO/c1-16-10-13-9-14(13)11-4-6-12(7-5-11)15-3-2-8-17-15/h2-8,13-14,16H,9-10H2,1H3. The van der Waals surface area contributed by atoms with Crippen LogP contribution in [0.1, 0.15) is 17.9 Å². The van der Waals surface area contributed by atoms with E-state index in [9.17, 15) is 0 Å². The molecule has 1 aromatic heterocycles. The minimum atomic E-state index is 0.758. The van der Waals surface area contributed by atoms with Gasteiger partial charge in [-0.05, 0) is 49.5 Å². The summed E-state index contributed by atoms with van der Waals surface area (Å²) in [5, 5.41) is 3.25. The summed E-state index contributed by atoms with van der Waals surface area (Å²) in [5.41, 5.74) is 2.62. The fourth-order valence-corrected chi connectivity index (χ4v) is 2.48. The Kier molecular flexibility index (Phi) is 2.73. The summed E-state index contributed by atoms with van der Waals surface area (Å²) < 4.78 is 5.39. The third kappa shape index (κ3) is 2.13. The molecule has 1 heterocycles. The molecular formula is C15H17NO. The van der Waals surface area contributed by atoms with Crippen molar-refractivity contribution < 1.29 is 4.42 Å². The largest absolute Gasteiger partial charge is 0.464 e. The molecule has 17 heavy (non-hydrogen) atoms. The van der Waals surface area contributed by atoms with Crippen LogP contribution < -0.4 is 5.32 Å². The summed E-state index contributed by atoms with van der Waals surface area (Å²) in [5.74, 6) is 2.53. The maximum absolute atomic E-state index is 5.39. The number of furan rings is 1. The third-order valence-corrected chi connectivity index (χ3v) is 3.53. The van der Waals surface area contributed by atoms with Crippen LogP contribution >= 0.6 is 0 Å². The second-order valence-corrected chi connectivity index (χ2v) is 4.76. The first kappa shape index (κ1) is 10.6. The van der Waals surface area contributed by atoms with Crippen molar-refractivity contribution in [3.05, 3.63) is 48.2 Å². The van der Waals surface area contributed by atoms with Gasteiger partial charge >= 0.3 is 0 Å². The second kappa shape index (κ2) is 4.38. The molecule has 1 saturated carbocycles. The van der Waals surface area contributed by atoms with Crippen LogP contribution in [-0.2, 0) is 0 Å². The van der Waals surface area contributed by atoms with E-state index in [2.05, 4.69) is 29.6 Å². The lowest BCUT2D eigenvalue weighted by Crippen LogP contribution is -2.10. The molecule has 1 aliphatic carbocycles. The lowest BCUT2D eigenvalue weighted by atomic mass is 10.1. The Bertz CT molecular complexity index is 472. The Hall–Kier alpha value is -1.54. The molecule has 3 rings (SSSR count). The highest BCUT2D eigenvalue weighted by Gasteiger charge is 2.37. The third-order valence-electron chi connectivity index (χ3n) is 3.53. The Morgan fingerprint density at radius 1 is 1.24 bits per heavy atom. The Morgan fingerprint density at radius 2 is 2.06 bits per heavy atom. The van der Waals surface area contributed by atoms with Gasteiger partial charge in [0.1, 0.15) is 5.76 Å². The first-order chi connectivity index (χ1) is 8.38. The molecule has 2 nitrogen and oxygen atoms in total. The highest BCUT2D eigenvalue weighted by molar-refractivity contribution is 5.57. The summed E-state index contributed by atoms with van der Waals surface area (Å²) in [6, 6.07) is 12.7. The molecule has 0 bridgehead atoms. The van der Waals surface area contributed by atoms with Crippen LogP contribution in [0, 0.1) is 5.92 Å². The zero-order valence-corrected chi connectivity index (χ0v) is 10.0. The van der Waals surface area contributed by atoms with Gasteiger partial charge in [-0.2, -0.15) is 0 Å². The number of benzene rings is 1. The maximum atomic E-state index is 5.39. The van der Waals surface area contributed by atoms with Crippen LogP contribution in [0.4, 0.5) is 0 Å². The van der Waals surface area contributed by atoms with E-state index in [1.54, 1.807) is 6.26 Å². The number of hydrogen-bond acceptors (Lipinski definition) is 2. The van der Waals surface area contributed by atoms with Gasteiger partial charge in [0.2, 0.25) is 0 Å². The predicted molar refractivity (Wildman–Crippen MR) is 68.9 cm³/mol. The molecule has 2 atom stereocenters. The monoisotopic (exact) mass is 227 g/mol. The van der Waals surface area contributed by atoms with E-state index in [0.717, 1.165) is 29.7 Å². The molecule has 88 valence electrons. The minimum absolute atomic E-state index is 0.758. The molecule has 0 amide bonds. The first-order valence-corrected chi connectivity index (χ1v) is 6.17. The summed E-state index contributed by atoms with van der Waals surface area (Å²) in [6.45, 7) is 1.13.